The molecule has 96 valence electrons. The van der Waals surface area contributed by atoms with E-state index in [0.717, 1.165) is 27.8 Å². The lowest BCUT2D eigenvalue weighted by Gasteiger charge is -2.02. The van der Waals surface area contributed by atoms with Crippen LogP contribution >= 0.6 is 22.6 Å². The highest BCUT2D eigenvalue weighted by atomic mass is 127. The van der Waals surface area contributed by atoms with E-state index in [1.54, 1.807) is 6.20 Å². The monoisotopic (exact) mass is 373 g/mol. The normalized spacial score (nSPS) is 11.2. The highest BCUT2D eigenvalue weighted by Gasteiger charge is 2.09. The van der Waals surface area contributed by atoms with Crippen LogP contribution in [0.2, 0.25) is 0 Å². The maximum atomic E-state index is 4.66. The van der Waals surface area contributed by atoms with E-state index in [2.05, 4.69) is 42.6 Å². The Morgan fingerprint density at radius 1 is 1.00 bits per heavy atom. The summed E-state index contributed by atoms with van der Waals surface area (Å²) in [5.41, 5.74) is 4.65. The zero-order valence-electron chi connectivity index (χ0n) is 10.2. The van der Waals surface area contributed by atoms with Gasteiger partial charge in [0.25, 0.3) is 0 Å². The molecule has 0 radical (unpaired) electrons. The smallest absolute Gasteiger partial charge is 0.210 e. The van der Waals surface area contributed by atoms with Gasteiger partial charge in [-0.1, -0.05) is 0 Å². The summed E-state index contributed by atoms with van der Waals surface area (Å²) in [4.78, 5) is 13.2. The molecule has 20 heavy (non-hydrogen) atoms. The van der Waals surface area contributed by atoms with Crippen molar-refractivity contribution in [1.82, 2.24) is 24.6 Å². The fraction of sp³-hybridized carbons (Fsp3) is 0. The van der Waals surface area contributed by atoms with E-state index in [9.17, 15) is 0 Å². The van der Waals surface area contributed by atoms with E-state index in [4.69, 9.17) is 0 Å². The molecule has 0 saturated heterocycles. The maximum Gasteiger partial charge on any atom is 0.210 e. The molecule has 0 unspecified atom stereocenters. The molecule has 0 aliphatic heterocycles. The molecule has 0 aromatic carbocycles. The minimum Gasteiger partial charge on any atom is -0.255 e. The third-order valence-electron chi connectivity index (χ3n) is 3.12. The zero-order chi connectivity index (χ0) is 13.5. The summed E-state index contributed by atoms with van der Waals surface area (Å²) >= 11 is 2.10. The number of hydrogen-bond acceptors (Lipinski definition) is 4. The minimum atomic E-state index is 0.716. The quantitative estimate of drug-likeness (QED) is 0.482. The molecular weight excluding hydrogens is 365 g/mol. The van der Waals surface area contributed by atoms with Gasteiger partial charge in [0.2, 0.25) is 3.83 Å². The van der Waals surface area contributed by atoms with Crippen LogP contribution in [0.5, 0.6) is 0 Å². The fourth-order valence-corrected chi connectivity index (χ4v) is 2.57. The predicted molar refractivity (Wildman–Crippen MR) is 84.2 cm³/mol. The molecule has 0 aliphatic rings. The highest BCUT2D eigenvalue weighted by molar-refractivity contribution is 14.1. The van der Waals surface area contributed by atoms with Crippen molar-refractivity contribution in [2.24, 2.45) is 0 Å². The van der Waals surface area contributed by atoms with E-state index in [1.165, 1.54) is 0 Å². The maximum absolute atomic E-state index is 4.66. The molecule has 4 rings (SSSR count). The number of nitrogens with zero attached hydrogens (tertiary/aromatic N) is 5. The van der Waals surface area contributed by atoms with Crippen LogP contribution in [0.1, 0.15) is 0 Å². The van der Waals surface area contributed by atoms with Crippen molar-refractivity contribution < 1.29 is 0 Å². The third-order valence-corrected chi connectivity index (χ3v) is 3.62. The Morgan fingerprint density at radius 2 is 1.95 bits per heavy atom. The van der Waals surface area contributed by atoms with Crippen molar-refractivity contribution in [2.75, 3.05) is 0 Å². The van der Waals surface area contributed by atoms with E-state index in [-0.39, 0.29) is 0 Å². The van der Waals surface area contributed by atoms with Gasteiger partial charge in [0, 0.05) is 40.5 Å². The van der Waals surface area contributed by atoms with E-state index in [0.29, 0.717) is 3.83 Å². The summed E-state index contributed by atoms with van der Waals surface area (Å²) in [6.45, 7) is 0. The van der Waals surface area contributed by atoms with Crippen LogP contribution < -0.4 is 0 Å². The van der Waals surface area contributed by atoms with Crippen molar-refractivity contribution in [3.8, 4) is 11.3 Å². The van der Waals surface area contributed by atoms with Crippen molar-refractivity contribution in [3.05, 3.63) is 52.8 Å². The first-order valence-corrected chi connectivity index (χ1v) is 7.11. The highest BCUT2D eigenvalue weighted by Crippen LogP contribution is 2.24. The Balaban J connectivity index is 1.96. The summed E-state index contributed by atoms with van der Waals surface area (Å²) in [6.07, 6.45) is 5.51. The molecule has 0 fully saturated rings. The summed E-state index contributed by atoms with van der Waals surface area (Å²) < 4.78 is 2.53. The molecule has 6 heteroatoms. The van der Waals surface area contributed by atoms with Crippen molar-refractivity contribution in [1.29, 1.82) is 0 Å². The van der Waals surface area contributed by atoms with Gasteiger partial charge in [0.1, 0.15) is 0 Å². The van der Waals surface area contributed by atoms with E-state index < -0.39 is 0 Å². The Hall–Kier alpha value is -2.09. The second-order valence-electron chi connectivity index (χ2n) is 4.32. The average Bonchev–Trinajstić information content (AvgIpc) is 2.89. The molecule has 0 spiro atoms. The van der Waals surface area contributed by atoms with Crippen molar-refractivity contribution in [2.45, 2.75) is 0 Å². The summed E-state index contributed by atoms with van der Waals surface area (Å²) in [6, 6.07) is 9.81. The zero-order valence-corrected chi connectivity index (χ0v) is 12.4. The molecule has 0 aliphatic carbocycles. The topological polar surface area (TPSA) is 56.0 Å². The van der Waals surface area contributed by atoms with Crippen LogP contribution in [0.15, 0.2) is 48.9 Å². The molecule has 4 aromatic heterocycles. The van der Waals surface area contributed by atoms with Gasteiger partial charge in [0.15, 0.2) is 0 Å². The second-order valence-corrected chi connectivity index (χ2v) is 5.29. The fourth-order valence-electron chi connectivity index (χ4n) is 2.20. The molecule has 0 saturated carbocycles. The molecule has 0 bridgehead atoms. The number of aromatic nitrogens is 5. The molecule has 0 N–H and O–H groups in total. The first kappa shape index (κ1) is 11.7. The van der Waals surface area contributed by atoms with Gasteiger partial charge in [-0.3, -0.25) is 4.98 Å². The molecule has 5 nitrogen and oxygen atoms in total. The predicted octanol–water partition coefficient (Wildman–Crippen LogP) is 2.94. The molecule has 0 atom stereocenters. The number of halogens is 1. The molecule has 4 aromatic rings. The van der Waals surface area contributed by atoms with Crippen molar-refractivity contribution in [3.63, 3.8) is 0 Å². The van der Waals surface area contributed by atoms with Crippen LogP contribution in [0.4, 0.5) is 0 Å². The van der Waals surface area contributed by atoms with Crippen LogP contribution in [-0.2, 0) is 0 Å². The minimum absolute atomic E-state index is 0.716. The van der Waals surface area contributed by atoms with E-state index >= 15 is 0 Å². The number of pyridine rings is 2. The van der Waals surface area contributed by atoms with Crippen LogP contribution in [0.25, 0.3) is 27.8 Å². The lowest BCUT2D eigenvalue weighted by molar-refractivity contribution is 0.873. The van der Waals surface area contributed by atoms with Gasteiger partial charge in [-0.2, -0.15) is 0 Å². The Morgan fingerprint density at radius 3 is 2.90 bits per heavy atom. The van der Waals surface area contributed by atoms with Gasteiger partial charge >= 0.3 is 0 Å². The second kappa shape index (κ2) is 4.48. The Kier molecular flexibility index (Phi) is 2.62. The first-order chi connectivity index (χ1) is 9.81. The van der Waals surface area contributed by atoms with E-state index in [1.807, 2.05) is 47.2 Å². The summed E-state index contributed by atoms with van der Waals surface area (Å²) in [7, 11) is 0. The van der Waals surface area contributed by atoms with Gasteiger partial charge < -0.3 is 0 Å². The Bertz CT molecular complexity index is 931. The lowest BCUT2D eigenvalue weighted by Crippen LogP contribution is -1.95. The van der Waals surface area contributed by atoms with Gasteiger partial charge in [0.05, 0.1) is 28.4 Å². The molecular formula is C14H8IN5. The van der Waals surface area contributed by atoms with Crippen molar-refractivity contribution >= 4 is 39.1 Å². The summed E-state index contributed by atoms with van der Waals surface area (Å²) in [5, 5.41) is 4.34. The first-order valence-electron chi connectivity index (χ1n) is 6.03. The number of hydrogen-bond donors (Lipinski definition) is 0. The molecule has 4 heterocycles. The van der Waals surface area contributed by atoms with Gasteiger partial charge in [-0.15, -0.1) is 5.10 Å². The number of rotatable bonds is 1. The SMILES string of the molecule is Ic1ncc2c(-c3ccc4ncccc4n3)ccn2n1. The lowest BCUT2D eigenvalue weighted by atomic mass is 10.2. The number of fused-ring (bicyclic) bond motifs is 2. The average molecular weight is 373 g/mol. The standard InChI is InChI=1S/C14H8IN5/c15-14-17-8-13-9(5-7-20(13)19-14)10-3-4-11-12(18-10)2-1-6-16-11/h1-8H. The van der Waals surface area contributed by atoms with Crippen LogP contribution in [-0.4, -0.2) is 24.6 Å². The van der Waals surface area contributed by atoms with Crippen LogP contribution in [0.3, 0.4) is 0 Å². The largest absolute Gasteiger partial charge is 0.255 e. The van der Waals surface area contributed by atoms with Gasteiger partial charge in [-0.25, -0.2) is 14.5 Å². The Labute approximate surface area is 127 Å². The van der Waals surface area contributed by atoms with Gasteiger partial charge in [-0.05, 0) is 30.3 Å². The molecule has 0 amide bonds. The third kappa shape index (κ3) is 1.83. The summed E-state index contributed by atoms with van der Waals surface area (Å²) in [5.74, 6) is 0. The van der Waals surface area contributed by atoms with Crippen LogP contribution in [0, 0.1) is 3.83 Å².